The smallest absolute Gasteiger partial charge is 0.237 e. The van der Waals surface area contributed by atoms with Crippen molar-refractivity contribution in [3.05, 3.63) is 47.4 Å². The molecule has 1 heterocycles. The Balaban J connectivity index is 2.42. The third kappa shape index (κ3) is 2.23. The highest BCUT2D eigenvalue weighted by Crippen LogP contribution is 2.27. The molecule has 0 aliphatic carbocycles. The van der Waals surface area contributed by atoms with E-state index in [1.165, 1.54) is 24.4 Å². The SMILES string of the molecule is Cc1c(N)cnc(Oc2cccc(F)c2)c1C#N. The van der Waals surface area contributed by atoms with E-state index in [9.17, 15) is 4.39 Å². The van der Waals surface area contributed by atoms with Crippen molar-refractivity contribution in [1.29, 1.82) is 5.26 Å². The van der Waals surface area contributed by atoms with Crippen molar-refractivity contribution in [1.82, 2.24) is 4.98 Å². The molecule has 0 aliphatic rings. The molecule has 0 atom stereocenters. The zero-order valence-electron chi connectivity index (χ0n) is 9.64. The topological polar surface area (TPSA) is 71.9 Å². The Hall–Kier alpha value is -2.61. The van der Waals surface area contributed by atoms with Crippen molar-refractivity contribution >= 4 is 5.69 Å². The molecular formula is C13H10FN3O. The summed E-state index contributed by atoms with van der Waals surface area (Å²) in [7, 11) is 0. The number of rotatable bonds is 2. The van der Waals surface area contributed by atoms with Gasteiger partial charge >= 0.3 is 0 Å². The van der Waals surface area contributed by atoms with E-state index in [-0.39, 0.29) is 17.2 Å². The molecule has 5 heteroatoms. The van der Waals surface area contributed by atoms with Crippen LogP contribution in [0, 0.1) is 24.1 Å². The first kappa shape index (κ1) is 11.9. The van der Waals surface area contributed by atoms with E-state index < -0.39 is 5.82 Å². The number of halogens is 1. The first-order valence-electron chi connectivity index (χ1n) is 5.20. The molecule has 0 radical (unpaired) electrons. The van der Waals surface area contributed by atoms with Crippen molar-refractivity contribution < 1.29 is 9.13 Å². The number of ether oxygens (including phenoxy) is 1. The third-order valence-corrected chi connectivity index (χ3v) is 2.47. The minimum absolute atomic E-state index is 0.120. The van der Waals surface area contributed by atoms with Crippen LogP contribution in [-0.2, 0) is 0 Å². The number of nitrogens with zero attached hydrogens (tertiary/aromatic N) is 2. The van der Waals surface area contributed by atoms with Crippen LogP contribution in [0.2, 0.25) is 0 Å². The fourth-order valence-electron chi connectivity index (χ4n) is 1.45. The molecule has 0 aliphatic heterocycles. The Labute approximate surface area is 103 Å². The van der Waals surface area contributed by atoms with Crippen molar-refractivity contribution in [2.24, 2.45) is 0 Å². The van der Waals surface area contributed by atoms with Gasteiger partial charge in [-0.15, -0.1) is 0 Å². The van der Waals surface area contributed by atoms with Crippen molar-refractivity contribution in [3.8, 4) is 17.7 Å². The summed E-state index contributed by atoms with van der Waals surface area (Å²) in [5.41, 5.74) is 6.91. The fourth-order valence-corrected chi connectivity index (χ4v) is 1.45. The molecule has 1 aromatic heterocycles. The number of hydrogen-bond donors (Lipinski definition) is 1. The standard InChI is InChI=1S/C13H10FN3O/c1-8-11(6-15)13(17-7-12(8)16)18-10-4-2-3-9(14)5-10/h2-5,7H,16H2,1H3. The van der Waals surface area contributed by atoms with Crippen LogP contribution < -0.4 is 10.5 Å². The normalized spacial score (nSPS) is 9.83. The number of anilines is 1. The van der Waals surface area contributed by atoms with Gasteiger partial charge in [0.05, 0.1) is 11.9 Å². The van der Waals surface area contributed by atoms with Gasteiger partial charge in [0.15, 0.2) is 0 Å². The summed E-state index contributed by atoms with van der Waals surface area (Å²) in [4.78, 5) is 3.94. The number of hydrogen-bond acceptors (Lipinski definition) is 4. The number of benzene rings is 1. The maximum Gasteiger partial charge on any atom is 0.237 e. The number of nitrogen functional groups attached to an aromatic ring is 1. The lowest BCUT2D eigenvalue weighted by atomic mass is 10.1. The second-order valence-corrected chi connectivity index (χ2v) is 3.69. The maximum absolute atomic E-state index is 13.0. The van der Waals surface area contributed by atoms with Crippen molar-refractivity contribution in [2.45, 2.75) is 6.92 Å². The minimum atomic E-state index is -0.418. The Morgan fingerprint density at radius 3 is 2.89 bits per heavy atom. The monoisotopic (exact) mass is 243 g/mol. The molecule has 1 aromatic carbocycles. The molecule has 2 N–H and O–H groups in total. The summed E-state index contributed by atoms with van der Waals surface area (Å²) in [6, 6.07) is 7.60. The molecule has 0 bridgehead atoms. The van der Waals surface area contributed by atoms with Gasteiger partial charge in [0.25, 0.3) is 0 Å². The predicted molar refractivity (Wildman–Crippen MR) is 64.6 cm³/mol. The average Bonchev–Trinajstić information content (AvgIpc) is 2.34. The van der Waals surface area contributed by atoms with Crippen LogP contribution in [0.5, 0.6) is 11.6 Å². The van der Waals surface area contributed by atoms with E-state index in [4.69, 9.17) is 15.7 Å². The number of nitriles is 1. The van der Waals surface area contributed by atoms with Crippen LogP contribution in [0.1, 0.15) is 11.1 Å². The quantitative estimate of drug-likeness (QED) is 0.880. The van der Waals surface area contributed by atoms with Crippen molar-refractivity contribution in [3.63, 3.8) is 0 Å². The van der Waals surface area contributed by atoms with Gasteiger partial charge in [-0.05, 0) is 24.6 Å². The lowest BCUT2D eigenvalue weighted by Crippen LogP contribution is -1.99. The summed E-state index contributed by atoms with van der Waals surface area (Å²) in [6.07, 6.45) is 1.41. The van der Waals surface area contributed by atoms with E-state index in [1.807, 2.05) is 6.07 Å². The molecule has 2 rings (SSSR count). The van der Waals surface area contributed by atoms with Crippen LogP contribution in [0.4, 0.5) is 10.1 Å². The number of nitrogens with two attached hydrogens (primary N) is 1. The highest BCUT2D eigenvalue weighted by molar-refractivity contribution is 5.57. The number of aromatic nitrogens is 1. The summed E-state index contributed by atoms with van der Waals surface area (Å²) in [5, 5.41) is 9.06. The molecule has 0 spiro atoms. The Bertz CT molecular complexity index is 635. The molecule has 0 saturated carbocycles. The van der Waals surface area contributed by atoms with Crippen LogP contribution in [0.25, 0.3) is 0 Å². The number of pyridine rings is 1. The molecule has 2 aromatic rings. The largest absolute Gasteiger partial charge is 0.438 e. The maximum atomic E-state index is 13.0. The molecule has 90 valence electrons. The summed E-state index contributed by atoms with van der Waals surface area (Å²) in [5.74, 6) is -0.0175. The van der Waals surface area contributed by atoms with E-state index >= 15 is 0 Å². The third-order valence-electron chi connectivity index (χ3n) is 2.47. The van der Waals surface area contributed by atoms with Gasteiger partial charge in [0.2, 0.25) is 5.88 Å². The van der Waals surface area contributed by atoms with Gasteiger partial charge in [-0.25, -0.2) is 9.37 Å². The Morgan fingerprint density at radius 2 is 2.22 bits per heavy atom. The molecule has 4 nitrogen and oxygen atoms in total. The highest BCUT2D eigenvalue weighted by atomic mass is 19.1. The second kappa shape index (κ2) is 4.72. The van der Waals surface area contributed by atoms with Gasteiger partial charge in [-0.3, -0.25) is 0 Å². The Morgan fingerprint density at radius 1 is 1.44 bits per heavy atom. The molecular weight excluding hydrogens is 233 g/mol. The predicted octanol–water partition coefficient (Wildman–Crippen LogP) is 2.78. The molecule has 0 amide bonds. The minimum Gasteiger partial charge on any atom is -0.438 e. The van der Waals surface area contributed by atoms with E-state index in [0.29, 0.717) is 11.3 Å². The van der Waals surface area contributed by atoms with Gasteiger partial charge in [-0.2, -0.15) is 5.26 Å². The van der Waals surface area contributed by atoms with Crippen LogP contribution in [0.3, 0.4) is 0 Å². The fraction of sp³-hybridized carbons (Fsp3) is 0.0769. The molecule has 0 unspecified atom stereocenters. The van der Waals surface area contributed by atoms with Crippen molar-refractivity contribution in [2.75, 3.05) is 5.73 Å². The summed E-state index contributed by atoms with van der Waals surface area (Å²) in [6.45, 7) is 1.70. The van der Waals surface area contributed by atoms with Gasteiger partial charge in [0.1, 0.15) is 23.2 Å². The van der Waals surface area contributed by atoms with Gasteiger partial charge in [-0.1, -0.05) is 6.07 Å². The van der Waals surface area contributed by atoms with Crippen LogP contribution in [0.15, 0.2) is 30.5 Å². The van der Waals surface area contributed by atoms with Crippen LogP contribution >= 0.6 is 0 Å². The van der Waals surface area contributed by atoms with E-state index in [2.05, 4.69) is 4.98 Å². The first-order valence-corrected chi connectivity index (χ1v) is 5.20. The first-order chi connectivity index (χ1) is 8.61. The zero-order valence-corrected chi connectivity index (χ0v) is 9.64. The summed E-state index contributed by atoms with van der Waals surface area (Å²) < 4.78 is 18.4. The van der Waals surface area contributed by atoms with E-state index in [1.54, 1.807) is 13.0 Å². The van der Waals surface area contributed by atoms with E-state index in [0.717, 1.165) is 0 Å². The molecule has 0 saturated heterocycles. The lowest BCUT2D eigenvalue weighted by Gasteiger charge is -2.09. The summed E-state index contributed by atoms with van der Waals surface area (Å²) >= 11 is 0. The second-order valence-electron chi connectivity index (χ2n) is 3.69. The lowest BCUT2D eigenvalue weighted by molar-refractivity contribution is 0.456. The van der Waals surface area contributed by atoms with Gasteiger partial charge in [0, 0.05) is 6.07 Å². The van der Waals surface area contributed by atoms with Gasteiger partial charge < -0.3 is 10.5 Å². The Kier molecular flexibility index (Phi) is 3.11. The van der Waals surface area contributed by atoms with Crippen LogP contribution in [-0.4, -0.2) is 4.98 Å². The highest BCUT2D eigenvalue weighted by Gasteiger charge is 2.12. The zero-order chi connectivity index (χ0) is 13.1. The molecule has 0 fully saturated rings. The average molecular weight is 243 g/mol. The molecule has 18 heavy (non-hydrogen) atoms.